The van der Waals surface area contributed by atoms with Gasteiger partial charge in [-0.15, -0.1) is 0 Å². The third kappa shape index (κ3) is 2.78. The van der Waals surface area contributed by atoms with Crippen LogP contribution in [0.15, 0.2) is 61.1 Å². The molecule has 3 aromatic rings. The van der Waals surface area contributed by atoms with Crippen LogP contribution in [0.25, 0.3) is 11.3 Å². The Morgan fingerprint density at radius 1 is 1.05 bits per heavy atom. The number of hydrogen-bond donors (Lipinski definition) is 1. The van der Waals surface area contributed by atoms with Crippen molar-refractivity contribution in [1.29, 1.82) is 0 Å². The van der Waals surface area contributed by atoms with E-state index in [4.69, 9.17) is 17.3 Å². The second kappa shape index (κ2) is 5.62. The molecule has 3 nitrogen and oxygen atoms in total. The summed E-state index contributed by atoms with van der Waals surface area (Å²) in [4.78, 5) is 4.29. The molecule has 3 rings (SSSR count). The number of halogens is 1. The highest BCUT2D eigenvalue weighted by Crippen LogP contribution is 2.27. The van der Waals surface area contributed by atoms with Crippen molar-refractivity contribution >= 4 is 17.3 Å². The molecule has 106 valence electrons. The van der Waals surface area contributed by atoms with Crippen molar-refractivity contribution in [2.75, 3.05) is 5.73 Å². The standard InChI is InChI=1S/C17H16ClN3/c1-12(13-4-8-16(19)9-5-13)21-11-20-10-17(21)14-2-6-15(18)7-3-14/h2-12H,19H2,1H3. The third-order valence-electron chi connectivity index (χ3n) is 3.64. The summed E-state index contributed by atoms with van der Waals surface area (Å²) in [6, 6.07) is 15.9. The molecule has 0 amide bonds. The highest BCUT2D eigenvalue weighted by atomic mass is 35.5. The Hall–Kier alpha value is -2.26. The molecule has 0 bridgehead atoms. The Balaban J connectivity index is 1.98. The second-order valence-electron chi connectivity index (χ2n) is 5.04. The van der Waals surface area contributed by atoms with Crippen molar-refractivity contribution in [3.63, 3.8) is 0 Å². The third-order valence-corrected chi connectivity index (χ3v) is 3.89. The Morgan fingerprint density at radius 2 is 1.71 bits per heavy atom. The van der Waals surface area contributed by atoms with Gasteiger partial charge in [0, 0.05) is 10.7 Å². The predicted octanol–water partition coefficient (Wildman–Crippen LogP) is 4.40. The first-order valence-electron chi connectivity index (χ1n) is 6.78. The number of rotatable bonds is 3. The molecule has 1 aromatic heterocycles. The lowest BCUT2D eigenvalue weighted by Crippen LogP contribution is -2.07. The number of aromatic nitrogens is 2. The zero-order chi connectivity index (χ0) is 14.8. The molecule has 0 spiro atoms. The van der Waals surface area contributed by atoms with Crippen LogP contribution in [0.2, 0.25) is 5.02 Å². The molecular weight excluding hydrogens is 282 g/mol. The Kier molecular flexibility index (Phi) is 3.67. The van der Waals surface area contributed by atoms with Gasteiger partial charge in [-0.05, 0) is 42.3 Å². The van der Waals surface area contributed by atoms with Crippen LogP contribution in [0.3, 0.4) is 0 Å². The SMILES string of the molecule is CC(c1ccc(N)cc1)n1cncc1-c1ccc(Cl)cc1. The van der Waals surface area contributed by atoms with Crippen LogP contribution in [-0.4, -0.2) is 9.55 Å². The number of nitrogen functional groups attached to an aromatic ring is 1. The number of anilines is 1. The van der Waals surface area contributed by atoms with Crippen molar-refractivity contribution in [3.05, 3.63) is 71.6 Å². The number of benzene rings is 2. The minimum Gasteiger partial charge on any atom is -0.399 e. The maximum atomic E-state index is 5.95. The lowest BCUT2D eigenvalue weighted by Gasteiger charge is -2.17. The molecule has 1 atom stereocenters. The number of hydrogen-bond acceptors (Lipinski definition) is 2. The molecule has 0 aliphatic rings. The summed E-state index contributed by atoms with van der Waals surface area (Å²) in [5, 5.41) is 0.733. The molecule has 0 radical (unpaired) electrons. The van der Waals surface area contributed by atoms with Crippen LogP contribution in [-0.2, 0) is 0 Å². The Labute approximate surface area is 129 Å². The van der Waals surface area contributed by atoms with Gasteiger partial charge in [-0.25, -0.2) is 4.98 Å². The predicted molar refractivity (Wildman–Crippen MR) is 87.3 cm³/mol. The van der Waals surface area contributed by atoms with E-state index < -0.39 is 0 Å². The van der Waals surface area contributed by atoms with Gasteiger partial charge in [-0.2, -0.15) is 0 Å². The quantitative estimate of drug-likeness (QED) is 0.728. The van der Waals surface area contributed by atoms with Crippen molar-refractivity contribution in [2.45, 2.75) is 13.0 Å². The number of nitrogens with zero attached hydrogens (tertiary/aromatic N) is 2. The molecule has 2 aromatic carbocycles. The topological polar surface area (TPSA) is 43.8 Å². The first-order chi connectivity index (χ1) is 10.1. The average molecular weight is 298 g/mol. The van der Waals surface area contributed by atoms with E-state index in [1.807, 2.05) is 61.1 Å². The fraction of sp³-hybridized carbons (Fsp3) is 0.118. The molecule has 4 heteroatoms. The normalized spacial score (nSPS) is 12.3. The van der Waals surface area contributed by atoms with Crippen LogP contribution in [0, 0.1) is 0 Å². The zero-order valence-corrected chi connectivity index (χ0v) is 12.5. The molecule has 0 aliphatic carbocycles. The van der Waals surface area contributed by atoms with E-state index in [1.165, 1.54) is 5.56 Å². The first-order valence-corrected chi connectivity index (χ1v) is 7.16. The van der Waals surface area contributed by atoms with E-state index >= 15 is 0 Å². The Morgan fingerprint density at radius 3 is 2.38 bits per heavy atom. The monoisotopic (exact) mass is 297 g/mol. The summed E-state index contributed by atoms with van der Waals surface area (Å²) in [6.45, 7) is 2.15. The van der Waals surface area contributed by atoms with Crippen molar-refractivity contribution in [3.8, 4) is 11.3 Å². The minimum absolute atomic E-state index is 0.179. The van der Waals surface area contributed by atoms with Gasteiger partial charge in [0.25, 0.3) is 0 Å². The van der Waals surface area contributed by atoms with Crippen LogP contribution in [0.1, 0.15) is 18.5 Å². The molecule has 1 heterocycles. The summed E-state index contributed by atoms with van der Waals surface area (Å²) in [7, 11) is 0. The van der Waals surface area contributed by atoms with Gasteiger partial charge in [0.1, 0.15) is 0 Å². The summed E-state index contributed by atoms with van der Waals surface area (Å²) in [5.74, 6) is 0. The number of imidazole rings is 1. The van der Waals surface area contributed by atoms with E-state index in [1.54, 1.807) is 0 Å². The minimum atomic E-state index is 0.179. The van der Waals surface area contributed by atoms with Gasteiger partial charge >= 0.3 is 0 Å². The molecule has 2 N–H and O–H groups in total. The summed E-state index contributed by atoms with van der Waals surface area (Å²) >= 11 is 5.95. The highest BCUT2D eigenvalue weighted by molar-refractivity contribution is 6.30. The maximum Gasteiger partial charge on any atom is 0.0956 e. The van der Waals surface area contributed by atoms with Gasteiger partial charge in [-0.1, -0.05) is 35.9 Å². The summed E-state index contributed by atoms with van der Waals surface area (Å²) in [6.07, 6.45) is 3.72. The van der Waals surface area contributed by atoms with Gasteiger partial charge in [0.15, 0.2) is 0 Å². The van der Waals surface area contributed by atoms with Gasteiger partial charge in [0.05, 0.1) is 24.3 Å². The molecular formula is C17H16ClN3. The summed E-state index contributed by atoms with van der Waals surface area (Å²) in [5.41, 5.74) is 9.88. The van der Waals surface area contributed by atoms with E-state index in [2.05, 4.69) is 16.5 Å². The fourth-order valence-electron chi connectivity index (χ4n) is 2.39. The van der Waals surface area contributed by atoms with Crippen LogP contribution >= 0.6 is 11.6 Å². The second-order valence-corrected chi connectivity index (χ2v) is 5.47. The summed E-state index contributed by atoms with van der Waals surface area (Å²) < 4.78 is 2.15. The van der Waals surface area contributed by atoms with Crippen LogP contribution < -0.4 is 5.73 Å². The first kappa shape index (κ1) is 13.7. The van der Waals surface area contributed by atoms with Crippen LogP contribution in [0.5, 0.6) is 0 Å². The van der Waals surface area contributed by atoms with E-state index in [9.17, 15) is 0 Å². The average Bonchev–Trinajstić information content (AvgIpc) is 2.97. The van der Waals surface area contributed by atoms with Crippen molar-refractivity contribution in [2.24, 2.45) is 0 Å². The zero-order valence-electron chi connectivity index (χ0n) is 11.7. The van der Waals surface area contributed by atoms with E-state index in [-0.39, 0.29) is 6.04 Å². The van der Waals surface area contributed by atoms with Gasteiger partial charge in [0.2, 0.25) is 0 Å². The van der Waals surface area contributed by atoms with Gasteiger partial charge < -0.3 is 10.3 Å². The van der Waals surface area contributed by atoms with Gasteiger partial charge in [-0.3, -0.25) is 0 Å². The van der Waals surface area contributed by atoms with E-state index in [0.717, 1.165) is 22.0 Å². The fourth-order valence-corrected chi connectivity index (χ4v) is 2.52. The highest BCUT2D eigenvalue weighted by Gasteiger charge is 2.12. The molecule has 0 aliphatic heterocycles. The van der Waals surface area contributed by atoms with E-state index in [0.29, 0.717) is 0 Å². The lowest BCUT2D eigenvalue weighted by molar-refractivity contribution is 0.644. The lowest BCUT2D eigenvalue weighted by atomic mass is 10.1. The molecule has 0 fully saturated rings. The van der Waals surface area contributed by atoms with Crippen molar-refractivity contribution in [1.82, 2.24) is 9.55 Å². The molecule has 21 heavy (non-hydrogen) atoms. The molecule has 0 saturated heterocycles. The smallest absolute Gasteiger partial charge is 0.0956 e. The molecule has 1 unspecified atom stereocenters. The number of nitrogens with two attached hydrogens (primary N) is 1. The Bertz CT molecular complexity index is 729. The maximum absolute atomic E-state index is 5.95. The molecule has 0 saturated carbocycles. The largest absolute Gasteiger partial charge is 0.399 e. The van der Waals surface area contributed by atoms with Crippen LogP contribution in [0.4, 0.5) is 5.69 Å². The van der Waals surface area contributed by atoms with Crippen molar-refractivity contribution < 1.29 is 0 Å².